The first-order valence-corrected chi connectivity index (χ1v) is 7.67. The van der Waals surface area contributed by atoms with Gasteiger partial charge in [0.2, 0.25) is 0 Å². The van der Waals surface area contributed by atoms with Crippen LogP contribution in [0.3, 0.4) is 0 Å². The van der Waals surface area contributed by atoms with Crippen LogP contribution in [-0.2, 0) is 6.54 Å². The molecule has 4 nitrogen and oxygen atoms in total. The molecule has 0 unspecified atom stereocenters. The predicted octanol–water partition coefficient (Wildman–Crippen LogP) is 3.65. The summed E-state index contributed by atoms with van der Waals surface area (Å²) in [6.07, 6.45) is 5.93. The molecule has 2 rings (SSSR count). The van der Waals surface area contributed by atoms with Gasteiger partial charge in [-0.15, -0.1) is 0 Å². The minimum atomic E-state index is -0.213. The van der Waals surface area contributed by atoms with Crippen molar-refractivity contribution < 1.29 is 4.79 Å². The standard InChI is InChI=1S/C17H22ClN3O/c1-17(2,3)21-10-8-15(9-11-21)20-16(22)19-12-13-4-6-14(18)7-5-13/h4-10H,11-12H2,1-3H3,(H2,19,20,22). The molecule has 0 spiro atoms. The van der Waals surface area contributed by atoms with Crippen LogP contribution in [0, 0.1) is 0 Å². The van der Waals surface area contributed by atoms with Crippen LogP contribution in [0.4, 0.5) is 4.79 Å². The van der Waals surface area contributed by atoms with E-state index in [-0.39, 0.29) is 11.6 Å². The van der Waals surface area contributed by atoms with Gasteiger partial charge in [-0.1, -0.05) is 23.7 Å². The minimum Gasteiger partial charge on any atom is -0.369 e. The Morgan fingerprint density at radius 2 is 1.95 bits per heavy atom. The first kappa shape index (κ1) is 16.4. The zero-order valence-corrected chi connectivity index (χ0v) is 13.9. The monoisotopic (exact) mass is 319 g/mol. The van der Waals surface area contributed by atoms with Gasteiger partial charge in [-0.25, -0.2) is 4.79 Å². The molecule has 2 amide bonds. The van der Waals surface area contributed by atoms with Crippen molar-refractivity contribution in [3.63, 3.8) is 0 Å². The maximum atomic E-state index is 11.9. The van der Waals surface area contributed by atoms with Crippen LogP contribution in [0.15, 0.2) is 48.3 Å². The number of halogens is 1. The summed E-state index contributed by atoms with van der Waals surface area (Å²) >= 11 is 5.83. The van der Waals surface area contributed by atoms with E-state index >= 15 is 0 Å². The van der Waals surface area contributed by atoms with Gasteiger partial charge in [-0.05, 0) is 50.6 Å². The molecular weight excluding hydrogens is 298 g/mol. The van der Waals surface area contributed by atoms with Gasteiger partial charge in [0.1, 0.15) is 0 Å². The molecule has 0 radical (unpaired) electrons. The molecule has 2 N–H and O–H groups in total. The van der Waals surface area contributed by atoms with Crippen molar-refractivity contribution in [3.05, 3.63) is 58.9 Å². The van der Waals surface area contributed by atoms with Gasteiger partial charge in [-0.3, -0.25) is 0 Å². The maximum absolute atomic E-state index is 11.9. The lowest BCUT2D eigenvalue weighted by atomic mass is 10.1. The van der Waals surface area contributed by atoms with E-state index in [1.54, 1.807) is 0 Å². The number of carbonyl (C=O) groups is 1. The van der Waals surface area contributed by atoms with Gasteiger partial charge in [0, 0.05) is 35.5 Å². The maximum Gasteiger partial charge on any atom is 0.319 e. The molecule has 5 heteroatoms. The fourth-order valence-corrected chi connectivity index (χ4v) is 2.17. The molecule has 0 aromatic heterocycles. The topological polar surface area (TPSA) is 44.4 Å². The molecular formula is C17H22ClN3O. The number of rotatable bonds is 3. The van der Waals surface area contributed by atoms with Crippen molar-refractivity contribution >= 4 is 17.6 Å². The van der Waals surface area contributed by atoms with Crippen LogP contribution in [0.1, 0.15) is 26.3 Å². The van der Waals surface area contributed by atoms with Crippen molar-refractivity contribution in [2.45, 2.75) is 32.9 Å². The number of benzene rings is 1. The first-order valence-electron chi connectivity index (χ1n) is 7.29. The molecule has 0 bridgehead atoms. The number of nitrogens with zero attached hydrogens (tertiary/aromatic N) is 1. The third-order valence-corrected chi connectivity index (χ3v) is 3.68. The Hall–Kier alpha value is -1.94. The van der Waals surface area contributed by atoms with Gasteiger partial charge in [-0.2, -0.15) is 0 Å². The van der Waals surface area contributed by atoms with Crippen molar-refractivity contribution in [2.24, 2.45) is 0 Å². The second-order valence-electron chi connectivity index (χ2n) is 6.23. The number of amides is 2. The summed E-state index contributed by atoms with van der Waals surface area (Å²) in [4.78, 5) is 14.1. The highest BCUT2D eigenvalue weighted by Crippen LogP contribution is 2.17. The quantitative estimate of drug-likeness (QED) is 0.893. The number of nitrogens with one attached hydrogen (secondary N) is 2. The summed E-state index contributed by atoms with van der Waals surface area (Å²) < 4.78 is 0. The largest absolute Gasteiger partial charge is 0.369 e. The lowest BCUT2D eigenvalue weighted by Gasteiger charge is -2.35. The van der Waals surface area contributed by atoms with Crippen LogP contribution < -0.4 is 10.6 Å². The average Bonchev–Trinajstić information content (AvgIpc) is 2.46. The molecule has 118 valence electrons. The van der Waals surface area contributed by atoms with Crippen LogP contribution >= 0.6 is 11.6 Å². The van der Waals surface area contributed by atoms with E-state index in [9.17, 15) is 4.79 Å². The molecule has 0 saturated carbocycles. The predicted molar refractivity (Wildman–Crippen MR) is 90.5 cm³/mol. The molecule has 1 aromatic carbocycles. The Morgan fingerprint density at radius 3 is 2.50 bits per heavy atom. The number of urea groups is 1. The summed E-state index contributed by atoms with van der Waals surface area (Å²) in [5, 5.41) is 6.36. The van der Waals surface area contributed by atoms with E-state index in [0.29, 0.717) is 11.6 Å². The van der Waals surface area contributed by atoms with Crippen LogP contribution in [-0.4, -0.2) is 23.0 Å². The second kappa shape index (κ2) is 6.88. The molecule has 22 heavy (non-hydrogen) atoms. The molecule has 0 aliphatic carbocycles. The molecule has 1 heterocycles. The highest BCUT2D eigenvalue weighted by molar-refractivity contribution is 6.30. The zero-order chi connectivity index (χ0) is 16.2. The highest BCUT2D eigenvalue weighted by Gasteiger charge is 2.19. The van der Waals surface area contributed by atoms with Crippen LogP contribution in [0.2, 0.25) is 5.02 Å². The SMILES string of the molecule is CC(C)(C)N1C=CC(NC(=O)NCc2ccc(Cl)cc2)=CC1. The number of hydrogen-bond acceptors (Lipinski definition) is 2. The summed E-state index contributed by atoms with van der Waals surface area (Å²) in [7, 11) is 0. The van der Waals surface area contributed by atoms with Gasteiger partial charge in [0.15, 0.2) is 0 Å². The van der Waals surface area contributed by atoms with E-state index in [0.717, 1.165) is 17.8 Å². The Kier molecular flexibility index (Phi) is 5.14. The molecule has 0 atom stereocenters. The molecule has 1 aromatic rings. The van der Waals surface area contributed by atoms with E-state index in [2.05, 4.69) is 36.3 Å². The Bertz CT molecular complexity index is 585. The summed E-state index contributed by atoms with van der Waals surface area (Å²) in [6.45, 7) is 7.72. The number of hydrogen-bond donors (Lipinski definition) is 2. The average molecular weight is 320 g/mol. The van der Waals surface area contributed by atoms with Crippen LogP contribution in [0.25, 0.3) is 0 Å². The summed E-state index contributed by atoms with van der Waals surface area (Å²) in [6, 6.07) is 7.19. The van der Waals surface area contributed by atoms with E-state index in [4.69, 9.17) is 11.6 Å². The lowest BCUT2D eigenvalue weighted by molar-refractivity contribution is 0.222. The Balaban J connectivity index is 1.80. The van der Waals surface area contributed by atoms with Gasteiger partial charge in [0.05, 0.1) is 0 Å². The molecule has 0 saturated heterocycles. The Labute approximate surface area is 136 Å². The van der Waals surface area contributed by atoms with Gasteiger partial charge < -0.3 is 15.5 Å². The van der Waals surface area contributed by atoms with E-state index < -0.39 is 0 Å². The van der Waals surface area contributed by atoms with Crippen LogP contribution in [0.5, 0.6) is 0 Å². The minimum absolute atomic E-state index is 0.0787. The summed E-state index contributed by atoms with van der Waals surface area (Å²) in [5.74, 6) is 0. The third-order valence-electron chi connectivity index (χ3n) is 3.43. The highest BCUT2D eigenvalue weighted by atomic mass is 35.5. The van der Waals surface area contributed by atoms with Crippen molar-refractivity contribution in [1.82, 2.24) is 15.5 Å². The fourth-order valence-electron chi connectivity index (χ4n) is 2.05. The van der Waals surface area contributed by atoms with Gasteiger partial charge >= 0.3 is 6.03 Å². The van der Waals surface area contributed by atoms with E-state index in [1.165, 1.54) is 0 Å². The molecule has 0 fully saturated rings. The first-order chi connectivity index (χ1) is 10.3. The van der Waals surface area contributed by atoms with Crippen molar-refractivity contribution in [1.29, 1.82) is 0 Å². The number of carbonyl (C=O) groups excluding carboxylic acids is 1. The van der Waals surface area contributed by atoms with Crippen molar-refractivity contribution in [2.75, 3.05) is 6.54 Å². The third kappa shape index (κ3) is 4.81. The van der Waals surface area contributed by atoms with Crippen molar-refractivity contribution in [3.8, 4) is 0 Å². The lowest BCUT2D eigenvalue weighted by Crippen LogP contribution is -2.40. The fraction of sp³-hybridized carbons (Fsp3) is 0.353. The molecule has 1 aliphatic rings. The van der Waals surface area contributed by atoms with Gasteiger partial charge in [0.25, 0.3) is 0 Å². The smallest absolute Gasteiger partial charge is 0.319 e. The summed E-state index contributed by atoms with van der Waals surface area (Å²) in [5.41, 5.74) is 1.90. The number of allylic oxidation sites excluding steroid dienone is 1. The Morgan fingerprint density at radius 1 is 1.27 bits per heavy atom. The molecule has 1 aliphatic heterocycles. The zero-order valence-electron chi connectivity index (χ0n) is 13.2. The second-order valence-corrected chi connectivity index (χ2v) is 6.67. The normalized spacial score (nSPS) is 14.5. The van der Waals surface area contributed by atoms with E-state index in [1.807, 2.05) is 42.6 Å².